The number of methoxy groups -OCH3 is 1. The Kier molecular flexibility index (Phi) is 4.91. The summed E-state index contributed by atoms with van der Waals surface area (Å²) >= 11 is 0. The summed E-state index contributed by atoms with van der Waals surface area (Å²) in [5, 5.41) is 4.37. The summed E-state index contributed by atoms with van der Waals surface area (Å²) in [7, 11) is 1.64. The first kappa shape index (κ1) is 13.9. The second-order valence-electron chi connectivity index (χ2n) is 3.71. The first-order valence-corrected chi connectivity index (χ1v) is 5.36. The third kappa shape index (κ3) is 2.96. The molecule has 0 saturated carbocycles. The average molecular weight is 407 g/mol. The van der Waals surface area contributed by atoms with Crippen molar-refractivity contribution in [2.75, 3.05) is 7.11 Å². The van der Waals surface area contributed by atoms with E-state index in [1.165, 1.54) is 5.56 Å². The molecule has 0 bridgehead atoms. The van der Waals surface area contributed by atoms with Crippen LogP contribution in [0.25, 0.3) is 5.69 Å². The van der Waals surface area contributed by atoms with Gasteiger partial charge < -0.3 is 4.74 Å². The van der Waals surface area contributed by atoms with Crippen molar-refractivity contribution in [3.05, 3.63) is 41.6 Å². The average Bonchev–Trinajstić information content (AvgIpc) is 2.72. The van der Waals surface area contributed by atoms with Gasteiger partial charge in [0, 0.05) is 31.9 Å². The quantitative estimate of drug-likeness (QED) is 0.732. The number of rotatable bonds is 3. The minimum Gasteiger partial charge on any atom is -0.480 e. The zero-order valence-electron chi connectivity index (χ0n) is 10.2. The maximum absolute atomic E-state index is 5.22. The molecule has 2 rings (SSSR count). The standard InChI is InChI=1S/C13H15N2O.Ir/c1-4-11-9-15(14-13(11)16-3)12-7-5-6-10(2)8-12;/h5-6,8-9H,4H2,1-3H3;/q-1;. The van der Waals surface area contributed by atoms with Gasteiger partial charge in [0.15, 0.2) is 0 Å². The Morgan fingerprint density at radius 1 is 1.47 bits per heavy atom. The summed E-state index contributed by atoms with van der Waals surface area (Å²) < 4.78 is 7.03. The Labute approximate surface area is 115 Å². The molecule has 0 fully saturated rings. The smallest absolute Gasteiger partial charge is 0.236 e. The third-order valence-corrected chi connectivity index (χ3v) is 2.51. The minimum atomic E-state index is 0. The van der Waals surface area contributed by atoms with Gasteiger partial charge in [-0.2, -0.15) is 23.8 Å². The largest absolute Gasteiger partial charge is 0.480 e. The Hall–Kier alpha value is -1.12. The predicted molar refractivity (Wildman–Crippen MR) is 63.1 cm³/mol. The van der Waals surface area contributed by atoms with E-state index in [1.54, 1.807) is 7.11 Å². The normalized spacial score (nSPS) is 9.82. The first-order chi connectivity index (χ1) is 7.74. The van der Waals surface area contributed by atoms with Gasteiger partial charge in [-0.15, -0.1) is 11.2 Å². The van der Waals surface area contributed by atoms with Gasteiger partial charge in [-0.05, 0) is 12.1 Å². The van der Waals surface area contributed by atoms with Gasteiger partial charge in [-0.1, -0.05) is 13.8 Å². The van der Waals surface area contributed by atoms with Crippen LogP contribution in [0.1, 0.15) is 18.1 Å². The summed E-state index contributed by atoms with van der Waals surface area (Å²) in [4.78, 5) is 0. The van der Waals surface area contributed by atoms with Gasteiger partial charge >= 0.3 is 0 Å². The van der Waals surface area contributed by atoms with Gasteiger partial charge in [0.25, 0.3) is 0 Å². The summed E-state index contributed by atoms with van der Waals surface area (Å²) in [6, 6.07) is 9.13. The zero-order valence-corrected chi connectivity index (χ0v) is 12.5. The van der Waals surface area contributed by atoms with Crippen LogP contribution < -0.4 is 4.74 Å². The molecule has 3 nitrogen and oxygen atoms in total. The maximum Gasteiger partial charge on any atom is 0.236 e. The molecule has 0 atom stereocenters. The molecular weight excluding hydrogens is 392 g/mol. The molecule has 0 spiro atoms. The molecular formula is C13H15IrN2O-. The molecule has 0 unspecified atom stereocenters. The van der Waals surface area contributed by atoms with E-state index in [2.05, 4.69) is 25.0 Å². The summed E-state index contributed by atoms with van der Waals surface area (Å²) in [6.07, 6.45) is 2.90. The Morgan fingerprint density at radius 2 is 2.24 bits per heavy atom. The van der Waals surface area contributed by atoms with E-state index < -0.39 is 0 Å². The molecule has 93 valence electrons. The van der Waals surface area contributed by atoms with Crippen molar-refractivity contribution in [3.63, 3.8) is 0 Å². The Bertz CT molecular complexity index is 472. The fourth-order valence-corrected chi connectivity index (χ4v) is 1.63. The molecule has 0 aliphatic carbocycles. The van der Waals surface area contributed by atoms with E-state index in [0.29, 0.717) is 5.88 Å². The molecule has 1 aromatic heterocycles. The van der Waals surface area contributed by atoms with Crippen molar-refractivity contribution in [2.24, 2.45) is 0 Å². The van der Waals surface area contributed by atoms with Gasteiger partial charge in [0.05, 0.1) is 7.11 Å². The number of benzene rings is 1. The van der Waals surface area contributed by atoms with Crippen molar-refractivity contribution < 1.29 is 24.8 Å². The van der Waals surface area contributed by atoms with Crippen molar-refractivity contribution in [1.82, 2.24) is 9.78 Å². The Balaban J connectivity index is 0.00000144. The van der Waals surface area contributed by atoms with Crippen LogP contribution in [0.3, 0.4) is 0 Å². The van der Waals surface area contributed by atoms with Crippen molar-refractivity contribution in [1.29, 1.82) is 0 Å². The van der Waals surface area contributed by atoms with E-state index in [0.717, 1.165) is 17.7 Å². The van der Waals surface area contributed by atoms with E-state index in [-0.39, 0.29) is 20.1 Å². The molecule has 0 N–H and O–H groups in total. The van der Waals surface area contributed by atoms with Gasteiger partial charge in [0.2, 0.25) is 5.88 Å². The summed E-state index contributed by atoms with van der Waals surface area (Å²) in [5.74, 6) is 0.692. The van der Waals surface area contributed by atoms with Crippen LogP contribution in [0.15, 0.2) is 24.4 Å². The number of ether oxygens (including phenoxy) is 1. The minimum absolute atomic E-state index is 0. The van der Waals surface area contributed by atoms with Crippen LogP contribution in [0.2, 0.25) is 0 Å². The second kappa shape index (κ2) is 5.99. The summed E-state index contributed by atoms with van der Waals surface area (Å²) in [5.41, 5.74) is 3.25. The monoisotopic (exact) mass is 408 g/mol. The van der Waals surface area contributed by atoms with Crippen LogP contribution in [0.4, 0.5) is 0 Å². The van der Waals surface area contributed by atoms with Crippen LogP contribution >= 0.6 is 0 Å². The number of hydrogen-bond acceptors (Lipinski definition) is 2. The fraction of sp³-hybridized carbons (Fsp3) is 0.308. The SMILES string of the molecule is CCc1cn(-c2[c-]ccc(C)c2)nc1OC.[Ir]. The van der Waals surface area contributed by atoms with E-state index in [9.17, 15) is 0 Å². The van der Waals surface area contributed by atoms with E-state index >= 15 is 0 Å². The summed E-state index contributed by atoms with van der Waals surface area (Å²) in [6.45, 7) is 4.14. The molecule has 1 radical (unpaired) electrons. The molecule has 0 aliphatic heterocycles. The van der Waals surface area contributed by atoms with Crippen molar-refractivity contribution in [3.8, 4) is 11.6 Å². The predicted octanol–water partition coefficient (Wildman–Crippen LogP) is 2.55. The van der Waals surface area contributed by atoms with Crippen LogP contribution in [-0.2, 0) is 26.5 Å². The van der Waals surface area contributed by atoms with E-state index in [4.69, 9.17) is 4.74 Å². The number of hydrogen-bond donors (Lipinski definition) is 0. The molecule has 0 saturated heterocycles. The van der Waals surface area contributed by atoms with Gasteiger partial charge in [-0.3, -0.25) is 4.68 Å². The zero-order chi connectivity index (χ0) is 11.5. The maximum atomic E-state index is 5.22. The van der Waals surface area contributed by atoms with Crippen LogP contribution in [0.5, 0.6) is 5.88 Å². The topological polar surface area (TPSA) is 27.1 Å². The molecule has 1 aromatic carbocycles. The molecule has 0 aliphatic rings. The van der Waals surface area contributed by atoms with Crippen molar-refractivity contribution >= 4 is 0 Å². The second-order valence-corrected chi connectivity index (χ2v) is 3.71. The van der Waals surface area contributed by atoms with E-state index in [1.807, 2.05) is 29.1 Å². The number of aryl methyl sites for hydroxylation is 2. The van der Waals surface area contributed by atoms with Crippen LogP contribution in [0, 0.1) is 13.0 Å². The molecule has 1 heterocycles. The number of aromatic nitrogens is 2. The van der Waals surface area contributed by atoms with Gasteiger partial charge in [0.1, 0.15) is 0 Å². The third-order valence-electron chi connectivity index (χ3n) is 2.51. The first-order valence-electron chi connectivity index (χ1n) is 5.36. The van der Waals surface area contributed by atoms with Crippen molar-refractivity contribution in [2.45, 2.75) is 20.3 Å². The molecule has 0 amide bonds. The number of nitrogens with zero attached hydrogens (tertiary/aromatic N) is 2. The fourth-order valence-electron chi connectivity index (χ4n) is 1.63. The molecule has 17 heavy (non-hydrogen) atoms. The van der Waals surface area contributed by atoms with Crippen LogP contribution in [-0.4, -0.2) is 16.9 Å². The molecule has 4 heteroatoms. The molecule has 2 aromatic rings. The van der Waals surface area contributed by atoms with Gasteiger partial charge in [-0.25, -0.2) is 0 Å². The Morgan fingerprint density at radius 3 is 2.76 bits per heavy atom.